The third-order valence-electron chi connectivity index (χ3n) is 10.6. The minimum absolute atomic E-state index is 0.000836. The molecule has 0 rings (SSSR count). The molecule has 0 saturated carbocycles. The maximum Gasteiger partial charge on any atom is 0.222 e. The number of carbonyl (C=O) groups excluding carboxylic acids is 1. The Balaban J connectivity index is 3.69. The van der Waals surface area contributed by atoms with Crippen LogP contribution in [0.25, 0.3) is 0 Å². The number of hydrogen-bond acceptors (Lipinski definition) is 4. The van der Waals surface area contributed by atoms with Gasteiger partial charge in [-0.1, -0.05) is 211 Å². The van der Waals surface area contributed by atoms with Crippen molar-refractivity contribution in [3.05, 3.63) is 36.5 Å². The van der Waals surface area contributed by atoms with Gasteiger partial charge < -0.3 is 20.6 Å². The number of hydrogen-bond donors (Lipinski definition) is 4. The molecule has 0 saturated heterocycles. The Morgan fingerprint density at radius 3 is 1.21 bits per heavy atom. The molecular weight excluding hydrogens is 655 g/mol. The second-order valence-corrected chi connectivity index (χ2v) is 16.0. The van der Waals surface area contributed by atoms with Gasteiger partial charge in [0, 0.05) is 0 Å². The van der Waals surface area contributed by atoms with Crippen molar-refractivity contribution >= 4 is 5.91 Å². The van der Waals surface area contributed by atoms with Gasteiger partial charge in [0.15, 0.2) is 0 Å². The third-order valence-corrected chi connectivity index (χ3v) is 10.6. The number of amides is 1. The van der Waals surface area contributed by atoms with Crippen LogP contribution in [0.4, 0.5) is 0 Å². The van der Waals surface area contributed by atoms with Gasteiger partial charge >= 0.3 is 0 Å². The van der Waals surface area contributed by atoms with Crippen molar-refractivity contribution in [2.75, 3.05) is 6.61 Å². The lowest BCUT2D eigenvalue weighted by molar-refractivity contribution is -0.124. The van der Waals surface area contributed by atoms with E-state index in [1.54, 1.807) is 6.08 Å². The number of aliphatic hydroxyl groups is 3. The third kappa shape index (κ3) is 40.1. The van der Waals surface area contributed by atoms with Crippen LogP contribution in [0.15, 0.2) is 36.5 Å². The van der Waals surface area contributed by atoms with E-state index in [4.69, 9.17) is 0 Å². The standard InChI is InChI=1S/C48H91NO4/c1-3-5-7-9-11-13-15-17-19-21-22-23-24-26-27-29-31-33-35-37-39-41-45(51)43-48(53)49-46(44-50)47(52)42-40-38-36-34-32-30-28-25-20-18-16-14-12-10-8-6-4-2/h26-27,32,34,40,42,45-47,50-52H,3-25,28-31,33,35-39,41,43-44H2,1-2H3,(H,49,53)/b27-26-,34-32+,42-40+. The molecule has 0 aromatic carbocycles. The molecule has 0 heterocycles. The van der Waals surface area contributed by atoms with Crippen LogP contribution in [0, 0.1) is 0 Å². The molecule has 5 nitrogen and oxygen atoms in total. The predicted octanol–water partition coefficient (Wildman–Crippen LogP) is 13.5. The van der Waals surface area contributed by atoms with E-state index >= 15 is 0 Å². The molecule has 0 radical (unpaired) electrons. The molecule has 0 bridgehead atoms. The molecule has 4 N–H and O–H groups in total. The molecule has 0 aromatic heterocycles. The fraction of sp³-hybridized carbons (Fsp3) is 0.854. The Hall–Kier alpha value is -1.43. The fourth-order valence-electron chi connectivity index (χ4n) is 7.06. The average Bonchev–Trinajstić information content (AvgIpc) is 3.15. The zero-order valence-electron chi connectivity index (χ0n) is 35.4. The number of aliphatic hydroxyl groups excluding tert-OH is 3. The topological polar surface area (TPSA) is 89.8 Å². The summed E-state index contributed by atoms with van der Waals surface area (Å²) in [5.74, 6) is -0.329. The molecule has 1 amide bonds. The molecule has 312 valence electrons. The Morgan fingerprint density at radius 1 is 0.472 bits per heavy atom. The number of unbranched alkanes of at least 4 members (excludes halogenated alkanes) is 29. The Morgan fingerprint density at radius 2 is 0.811 bits per heavy atom. The van der Waals surface area contributed by atoms with E-state index in [9.17, 15) is 20.1 Å². The zero-order valence-corrected chi connectivity index (χ0v) is 35.4. The van der Waals surface area contributed by atoms with Gasteiger partial charge in [-0.05, 0) is 57.8 Å². The van der Waals surface area contributed by atoms with Gasteiger partial charge in [-0.15, -0.1) is 0 Å². The maximum atomic E-state index is 12.4. The maximum absolute atomic E-state index is 12.4. The van der Waals surface area contributed by atoms with Gasteiger partial charge in [0.1, 0.15) is 0 Å². The van der Waals surface area contributed by atoms with Gasteiger partial charge in [-0.2, -0.15) is 0 Å². The second-order valence-electron chi connectivity index (χ2n) is 16.0. The first-order valence-corrected chi connectivity index (χ1v) is 23.3. The molecule has 3 unspecified atom stereocenters. The summed E-state index contributed by atoms with van der Waals surface area (Å²) < 4.78 is 0. The van der Waals surface area contributed by atoms with Crippen molar-refractivity contribution in [1.29, 1.82) is 0 Å². The molecule has 5 heteroatoms. The van der Waals surface area contributed by atoms with Crippen molar-refractivity contribution < 1.29 is 20.1 Å². The normalized spacial score (nSPS) is 13.8. The van der Waals surface area contributed by atoms with Crippen molar-refractivity contribution in [3.8, 4) is 0 Å². The number of allylic oxidation sites excluding steroid dienone is 5. The highest BCUT2D eigenvalue weighted by Crippen LogP contribution is 2.15. The van der Waals surface area contributed by atoms with Crippen LogP contribution in [0.2, 0.25) is 0 Å². The van der Waals surface area contributed by atoms with Gasteiger partial charge in [0.2, 0.25) is 5.91 Å². The predicted molar refractivity (Wildman–Crippen MR) is 231 cm³/mol. The van der Waals surface area contributed by atoms with Gasteiger partial charge in [0.05, 0.1) is 31.3 Å². The van der Waals surface area contributed by atoms with Crippen LogP contribution >= 0.6 is 0 Å². The van der Waals surface area contributed by atoms with Crippen LogP contribution < -0.4 is 5.32 Å². The summed E-state index contributed by atoms with van der Waals surface area (Å²) in [5.41, 5.74) is 0. The van der Waals surface area contributed by atoms with Crippen molar-refractivity contribution in [2.45, 2.75) is 257 Å². The molecular formula is C48H91NO4. The molecule has 0 spiro atoms. The lowest BCUT2D eigenvalue weighted by Gasteiger charge is -2.20. The number of nitrogens with one attached hydrogen (secondary N) is 1. The lowest BCUT2D eigenvalue weighted by atomic mass is 10.0. The van der Waals surface area contributed by atoms with Crippen LogP contribution in [0.3, 0.4) is 0 Å². The fourth-order valence-corrected chi connectivity index (χ4v) is 7.06. The van der Waals surface area contributed by atoms with Crippen molar-refractivity contribution in [2.24, 2.45) is 0 Å². The van der Waals surface area contributed by atoms with E-state index in [1.165, 1.54) is 167 Å². The monoisotopic (exact) mass is 746 g/mol. The van der Waals surface area contributed by atoms with Crippen molar-refractivity contribution in [3.63, 3.8) is 0 Å². The number of rotatable bonds is 42. The van der Waals surface area contributed by atoms with Crippen LogP contribution in [0.1, 0.15) is 239 Å². The molecule has 0 aliphatic heterocycles. The van der Waals surface area contributed by atoms with E-state index in [2.05, 4.69) is 43.5 Å². The Labute approximate surface area is 330 Å². The summed E-state index contributed by atoms with van der Waals surface area (Å²) in [4.78, 5) is 12.4. The van der Waals surface area contributed by atoms with Crippen LogP contribution in [0.5, 0.6) is 0 Å². The minimum atomic E-state index is -0.953. The first kappa shape index (κ1) is 51.6. The SMILES string of the molecule is CCCCCCCCCCCCC/C=C/CC/C=C/C(O)C(CO)NC(=O)CC(O)CCCCCCC/C=C\CCCCCCCCCCCCCC. The quantitative estimate of drug-likeness (QED) is 0.0370. The molecule has 0 aliphatic carbocycles. The van der Waals surface area contributed by atoms with E-state index < -0.39 is 18.2 Å². The van der Waals surface area contributed by atoms with Gasteiger partial charge in [-0.3, -0.25) is 4.79 Å². The lowest BCUT2D eigenvalue weighted by Crippen LogP contribution is -2.45. The highest BCUT2D eigenvalue weighted by atomic mass is 16.3. The van der Waals surface area contributed by atoms with Crippen molar-refractivity contribution in [1.82, 2.24) is 5.32 Å². The molecule has 0 fully saturated rings. The van der Waals surface area contributed by atoms with E-state index in [1.807, 2.05) is 6.08 Å². The summed E-state index contributed by atoms with van der Waals surface area (Å²) in [7, 11) is 0. The second kappa shape index (κ2) is 43.3. The van der Waals surface area contributed by atoms with E-state index in [-0.39, 0.29) is 18.9 Å². The number of carbonyl (C=O) groups is 1. The first-order valence-electron chi connectivity index (χ1n) is 23.3. The Bertz CT molecular complexity index is 824. The smallest absolute Gasteiger partial charge is 0.222 e. The summed E-state index contributed by atoms with van der Waals surface area (Å²) in [6.07, 6.45) is 54.4. The van der Waals surface area contributed by atoms with E-state index in [0.717, 1.165) is 44.9 Å². The highest BCUT2D eigenvalue weighted by Gasteiger charge is 2.20. The van der Waals surface area contributed by atoms with Crippen LogP contribution in [-0.2, 0) is 4.79 Å². The first-order chi connectivity index (χ1) is 26.0. The molecule has 53 heavy (non-hydrogen) atoms. The summed E-state index contributed by atoms with van der Waals surface area (Å²) in [6, 6.07) is -0.763. The molecule has 0 aromatic rings. The van der Waals surface area contributed by atoms with Gasteiger partial charge in [0.25, 0.3) is 0 Å². The molecule has 0 aliphatic rings. The van der Waals surface area contributed by atoms with E-state index in [0.29, 0.717) is 6.42 Å². The van der Waals surface area contributed by atoms with Gasteiger partial charge in [-0.25, -0.2) is 0 Å². The average molecular weight is 746 g/mol. The van der Waals surface area contributed by atoms with Crippen LogP contribution in [-0.4, -0.2) is 46.1 Å². The molecule has 3 atom stereocenters. The Kier molecular flexibility index (Phi) is 42.1. The minimum Gasteiger partial charge on any atom is -0.394 e. The largest absolute Gasteiger partial charge is 0.394 e. The summed E-state index contributed by atoms with van der Waals surface area (Å²) in [5, 5.41) is 33.2. The zero-order chi connectivity index (χ0) is 38.7. The summed E-state index contributed by atoms with van der Waals surface area (Å²) in [6.45, 7) is 4.21. The summed E-state index contributed by atoms with van der Waals surface area (Å²) >= 11 is 0. The highest BCUT2D eigenvalue weighted by molar-refractivity contribution is 5.76.